The van der Waals surface area contributed by atoms with E-state index in [4.69, 9.17) is 5.73 Å². The van der Waals surface area contributed by atoms with Crippen LogP contribution in [0.2, 0.25) is 0 Å². The first-order valence-corrected chi connectivity index (χ1v) is 7.35. The van der Waals surface area contributed by atoms with Crippen LogP contribution in [0, 0.1) is 12.3 Å². The van der Waals surface area contributed by atoms with E-state index >= 15 is 0 Å². The maximum atomic E-state index is 12.4. The zero-order valence-electron chi connectivity index (χ0n) is 13.4. The molecule has 3 nitrogen and oxygen atoms in total. The van der Waals surface area contributed by atoms with E-state index in [-0.39, 0.29) is 17.4 Å². The van der Waals surface area contributed by atoms with Crippen molar-refractivity contribution in [2.75, 3.05) is 11.4 Å². The summed E-state index contributed by atoms with van der Waals surface area (Å²) in [4.78, 5) is 14.2. The van der Waals surface area contributed by atoms with Gasteiger partial charge in [0.2, 0.25) is 5.91 Å². The highest BCUT2D eigenvalue weighted by atomic mass is 16.2. The second kappa shape index (κ2) is 6.89. The fraction of sp³-hybridized carbons (Fsp3) is 0.588. The minimum absolute atomic E-state index is 0.0815. The predicted octanol–water partition coefficient (Wildman–Crippen LogP) is 3.50. The van der Waals surface area contributed by atoms with Crippen molar-refractivity contribution < 1.29 is 4.79 Å². The van der Waals surface area contributed by atoms with Crippen molar-refractivity contribution in [2.24, 2.45) is 11.1 Å². The number of anilines is 1. The van der Waals surface area contributed by atoms with E-state index in [0.29, 0.717) is 13.0 Å². The summed E-state index contributed by atoms with van der Waals surface area (Å²) < 4.78 is 0. The van der Waals surface area contributed by atoms with Gasteiger partial charge < -0.3 is 10.6 Å². The standard InChI is InChI=1S/C17H28N2O/c1-6-19(15-9-7-13(2)8-10-15)16(20)11-14(18)12-17(3,4)5/h7-10,14H,6,11-12,18H2,1-5H3. The highest BCUT2D eigenvalue weighted by Crippen LogP contribution is 2.22. The Balaban J connectivity index is 2.70. The van der Waals surface area contributed by atoms with Crippen LogP contribution in [-0.2, 0) is 4.79 Å². The molecule has 1 amide bonds. The molecule has 20 heavy (non-hydrogen) atoms. The Morgan fingerprint density at radius 3 is 2.25 bits per heavy atom. The van der Waals surface area contributed by atoms with Crippen molar-refractivity contribution in [1.82, 2.24) is 0 Å². The van der Waals surface area contributed by atoms with Gasteiger partial charge in [0.15, 0.2) is 0 Å². The first-order valence-electron chi connectivity index (χ1n) is 7.35. The molecule has 3 heteroatoms. The van der Waals surface area contributed by atoms with Crippen molar-refractivity contribution in [2.45, 2.75) is 53.5 Å². The quantitative estimate of drug-likeness (QED) is 0.894. The lowest BCUT2D eigenvalue weighted by Gasteiger charge is -2.26. The van der Waals surface area contributed by atoms with Crippen LogP contribution in [0.3, 0.4) is 0 Å². The van der Waals surface area contributed by atoms with Crippen molar-refractivity contribution >= 4 is 11.6 Å². The lowest BCUT2D eigenvalue weighted by molar-refractivity contribution is -0.119. The van der Waals surface area contributed by atoms with E-state index in [2.05, 4.69) is 20.8 Å². The third kappa shape index (κ3) is 5.33. The third-order valence-electron chi connectivity index (χ3n) is 3.27. The van der Waals surface area contributed by atoms with Gasteiger partial charge in [-0.05, 0) is 37.8 Å². The van der Waals surface area contributed by atoms with Gasteiger partial charge in [-0.1, -0.05) is 38.5 Å². The molecule has 0 aliphatic rings. The van der Waals surface area contributed by atoms with Crippen molar-refractivity contribution in [3.05, 3.63) is 29.8 Å². The molecule has 0 saturated carbocycles. The number of rotatable bonds is 5. The normalized spacial score (nSPS) is 13.1. The number of benzene rings is 1. The predicted molar refractivity (Wildman–Crippen MR) is 85.9 cm³/mol. The molecule has 0 aliphatic heterocycles. The van der Waals surface area contributed by atoms with Gasteiger partial charge in [0.1, 0.15) is 0 Å². The Morgan fingerprint density at radius 2 is 1.80 bits per heavy atom. The van der Waals surface area contributed by atoms with Gasteiger partial charge in [-0.25, -0.2) is 0 Å². The molecule has 0 heterocycles. The molecule has 1 atom stereocenters. The summed E-state index contributed by atoms with van der Waals surface area (Å²) in [5.74, 6) is 0.105. The summed E-state index contributed by atoms with van der Waals surface area (Å²) in [6.45, 7) is 11.1. The average Bonchev–Trinajstić information content (AvgIpc) is 2.29. The lowest BCUT2D eigenvalue weighted by atomic mass is 9.87. The minimum Gasteiger partial charge on any atom is -0.327 e. The number of carbonyl (C=O) groups is 1. The molecule has 0 saturated heterocycles. The first kappa shape index (κ1) is 16.7. The Labute approximate surface area is 123 Å². The molecule has 1 aromatic rings. The number of nitrogens with two attached hydrogens (primary N) is 1. The second-order valence-electron chi connectivity index (χ2n) is 6.70. The number of hydrogen-bond acceptors (Lipinski definition) is 2. The maximum absolute atomic E-state index is 12.4. The SMILES string of the molecule is CCN(C(=O)CC(N)CC(C)(C)C)c1ccc(C)cc1. The zero-order chi connectivity index (χ0) is 15.3. The largest absolute Gasteiger partial charge is 0.327 e. The summed E-state index contributed by atoms with van der Waals surface area (Å²) in [6, 6.07) is 7.96. The molecular weight excluding hydrogens is 248 g/mol. The first-order chi connectivity index (χ1) is 9.23. The van der Waals surface area contributed by atoms with Gasteiger partial charge >= 0.3 is 0 Å². The Kier molecular flexibility index (Phi) is 5.75. The van der Waals surface area contributed by atoms with Crippen LogP contribution in [0.25, 0.3) is 0 Å². The second-order valence-corrected chi connectivity index (χ2v) is 6.70. The molecule has 112 valence electrons. The zero-order valence-corrected chi connectivity index (χ0v) is 13.4. The van der Waals surface area contributed by atoms with E-state index in [1.54, 1.807) is 0 Å². The summed E-state index contributed by atoms with van der Waals surface area (Å²) in [5.41, 5.74) is 8.41. The van der Waals surface area contributed by atoms with E-state index < -0.39 is 0 Å². The van der Waals surface area contributed by atoms with Crippen molar-refractivity contribution in [3.8, 4) is 0 Å². The lowest BCUT2D eigenvalue weighted by Crippen LogP contribution is -2.37. The van der Waals surface area contributed by atoms with Crippen molar-refractivity contribution in [3.63, 3.8) is 0 Å². The van der Waals surface area contributed by atoms with Crippen LogP contribution >= 0.6 is 0 Å². The number of aryl methyl sites for hydroxylation is 1. The maximum Gasteiger partial charge on any atom is 0.228 e. The highest BCUT2D eigenvalue weighted by molar-refractivity contribution is 5.93. The highest BCUT2D eigenvalue weighted by Gasteiger charge is 2.21. The molecule has 1 unspecified atom stereocenters. The fourth-order valence-electron chi connectivity index (χ4n) is 2.42. The number of nitrogens with zero attached hydrogens (tertiary/aromatic N) is 1. The number of amides is 1. The molecule has 0 bridgehead atoms. The Morgan fingerprint density at radius 1 is 1.25 bits per heavy atom. The molecular formula is C17H28N2O. The molecule has 0 radical (unpaired) electrons. The van der Waals surface area contributed by atoms with Crippen molar-refractivity contribution in [1.29, 1.82) is 0 Å². The summed E-state index contributed by atoms with van der Waals surface area (Å²) in [7, 11) is 0. The van der Waals surface area contributed by atoms with E-state index in [0.717, 1.165) is 12.1 Å². The van der Waals surface area contributed by atoms with Crippen LogP contribution in [0.5, 0.6) is 0 Å². The van der Waals surface area contributed by atoms with Crippen LogP contribution in [0.1, 0.15) is 46.1 Å². The van der Waals surface area contributed by atoms with Gasteiger partial charge in [-0.3, -0.25) is 4.79 Å². The molecule has 0 spiro atoms. The van der Waals surface area contributed by atoms with Crippen LogP contribution in [0.4, 0.5) is 5.69 Å². The molecule has 0 aliphatic carbocycles. The minimum atomic E-state index is -0.0815. The Hall–Kier alpha value is -1.35. The monoisotopic (exact) mass is 276 g/mol. The van der Waals surface area contributed by atoms with E-state index in [1.165, 1.54) is 5.56 Å². The van der Waals surface area contributed by atoms with Crippen LogP contribution < -0.4 is 10.6 Å². The van der Waals surface area contributed by atoms with Gasteiger partial charge in [0, 0.05) is 24.7 Å². The molecule has 0 fully saturated rings. The van der Waals surface area contributed by atoms with Crippen LogP contribution in [-0.4, -0.2) is 18.5 Å². The van der Waals surface area contributed by atoms with Gasteiger partial charge in [0.05, 0.1) is 0 Å². The van der Waals surface area contributed by atoms with Gasteiger partial charge in [-0.2, -0.15) is 0 Å². The van der Waals surface area contributed by atoms with Crippen LogP contribution in [0.15, 0.2) is 24.3 Å². The third-order valence-corrected chi connectivity index (χ3v) is 3.27. The van der Waals surface area contributed by atoms with E-state index in [9.17, 15) is 4.79 Å². The summed E-state index contributed by atoms with van der Waals surface area (Å²) in [5, 5.41) is 0. The molecule has 0 aromatic heterocycles. The van der Waals surface area contributed by atoms with Gasteiger partial charge in [0.25, 0.3) is 0 Å². The number of hydrogen-bond donors (Lipinski definition) is 1. The summed E-state index contributed by atoms with van der Waals surface area (Å²) in [6.07, 6.45) is 1.25. The number of carbonyl (C=O) groups excluding carboxylic acids is 1. The fourth-order valence-corrected chi connectivity index (χ4v) is 2.42. The molecule has 2 N–H and O–H groups in total. The average molecular weight is 276 g/mol. The smallest absolute Gasteiger partial charge is 0.228 e. The van der Waals surface area contributed by atoms with E-state index in [1.807, 2.05) is 43.0 Å². The molecule has 1 rings (SSSR count). The topological polar surface area (TPSA) is 46.3 Å². The summed E-state index contributed by atoms with van der Waals surface area (Å²) >= 11 is 0. The Bertz CT molecular complexity index is 431. The molecule has 1 aromatic carbocycles. The van der Waals surface area contributed by atoms with Gasteiger partial charge in [-0.15, -0.1) is 0 Å².